The highest BCUT2D eigenvalue weighted by molar-refractivity contribution is 6.30. The van der Waals surface area contributed by atoms with Gasteiger partial charge in [-0.3, -0.25) is 4.79 Å². The van der Waals surface area contributed by atoms with Crippen LogP contribution in [0.3, 0.4) is 0 Å². The predicted octanol–water partition coefficient (Wildman–Crippen LogP) is 2.95. The summed E-state index contributed by atoms with van der Waals surface area (Å²) in [6.45, 7) is 1.46. The molecule has 138 valence electrons. The Hall–Kier alpha value is -3.19. The lowest BCUT2D eigenvalue weighted by Crippen LogP contribution is -2.31. The number of rotatable bonds is 6. The number of amides is 1. The van der Waals surface area contributed by atoms with Gasteiger partial charge < -0.3 is 10.1 Å². The number of ether oxygens (including phenoxy) is 1. The van der Waals surface area contributed by atoms with Crippen LogP contribution in [0, 0.1) is 0 Å². The summed E-state index contributed by atoms with van der Waals surface area (Å²) in [5.41, 5.74) is 1.97. The van der Waals surface area contributed by atoms with E-state index in [1.165, 1.54) is 6.33 Å². The molecular formula is C19H17ClN4O3. The topological polar surface area (TPSA) is 86.1 Å². The molecule has 0 aliphatic rings. The highest BCUT2D eigenvalue weighted by atomic mass is 35.5. The molecule has 3 aromatic rings. The molecule has 2 aromatic carbocycles. The molecule has 1 atom stereocenters. The van der Waals surface area contributed by atoms with E-state index in [9.17, 15) is 9.59 Å². The summed E-state index contributed by atoms with van der Waals surface area (Å²) >= 11 is 5.95. The van der Waals surface area contributed by atoms with Crippen LogP contribution in [0.4, 0.5) is 0 Å². The van der Waals surface area contributed by atoms with E-state index in [1.54, 1.807) is 47.4 Å². The van der Waals surface area contributed by atoms with Gasteiger partial charge in [-0.15, -0.1) is 0 Å². The first-order valence-corrected chi connectivity index (χ1v) is 8.58. The fourth-order valence-corrected chi connectivity index (χ4v) is 2.65. The summed E-state index contributed by atoms with van der Waals surface area (Å²) < 4.78 is 6.64. The third-order valence-electron chi connectivity index (χ3n) is 3.85. The lowest BCUT2D eigenvalue weighted by Gasteiger charge is -2.14. The van der Waals surface area contributed by atoms with Crippen molar-refractivity contribution in [2.24, 2.45) is 0 Å². The Morgan fingerprint density at radius 3 is 2.67 bits per heavy atom. The van der Waals surface area contributed by atoms with Crippen LogP contribution in [0.25, 0.3) is 5.69 Å². The molecule has 0 aliphatic heterocycles. The second-order valence-electron chi connectivity index (χ2n) is 5.81. The number of benzene rings is 2. The van der Waals surface area contributed by atoms with Gasteiger partial charge in [0, 0.05) is 5.02 Å². The van der Waals surface area contributed by atoms with Crippen molar-refractivity contribution in [2.45, 2.75) is 13.0 Å². The molecule has 0 fully saturated rings. The quantitative estimate of drug-likeness (QED) is 0.660. The number of hydrogen-bond acceptors (Lipinski definition) is 5. The number of carbonyl (C=O) groups is 2. The summed E-state index contributed by atoms with van der Waals surface area (Å²) in [4.78, 5) is 28.0. The van der Waals surface area contributed by atoms with Crippen LogP contribution in [0.5, 0.6) is 0 Å². The lowest BCUT2D eigenvalue weighted by molar-refractivity contribution is -0.124. The van der Waals surface area contributed by atoms with Gasteiger partial charge in [-0.1, -0.05) is 23.7 Å². The van der Waals surface area contributed by atoms with Crippen LogP contribution in [-0.2, 0) is 9.53 Å². The van der Waals surface area contributed by atoms with Crippen molar-refractivity contribution >= 4 is 23.5 Å². The Morgan fingerprint density at radius 1 is 1.22 bits per heavy atom. The average molecular weight is 385 g/mol. The third-order valence-corrected chi connectivity index (χ3v) is 4.08. The third kappa shape index (κ3) is 4.92. The van der Waals surface area contributed by atoms with Crippen molar-refractivity contribution < 1.29 is 14.3 Å². The van der Waals surface area contributed by atoms with Gasteiger partial charge in [-0.2, -0.15) is 5.10 Å². The molecule has 1 aromatic heterocycles. The van der Waals surface area contributed by atoms with Gasteiger partial charge in [0.05, 0.1) is 17.3 Å². The molecule has 3 rings (SSSR count). The molecule has 1 N–H and O–H groups in total. The Morgan fingerprint density at radius 2 is 2.00 bits per heavy atom. The van der Waals surface area contributed by atoms with Crippen LogP contribution in [-0.4, -0.2) is 33.2 Å². The highest BCUT2D eigenvalue weighted by Gasteiger charge is 2.13. The summed E-state index contributed by atoms with van der Waals surface area (Å²) in [7, 11) is 0. The van der Waals surface area contributed by atoms with Crippen LogP contribution in [0.1, 0.15) is 28.9 Å². The van der Waals surface area contributed by atoms with E-state index < -0.39 is 11.9 Å². The van der Waals surface area contributed by atoms with Gasteiger partial charge in [-0.25, -0.2) is 14.5 Å². The number of carbonyl (C=O) groups excluding carboxylic acids is 2. The van der Waals surface area contributed by atoms with E-state index in [2.05, 4.69) is 15.4 Å². The number of esters is 1. The minimum absolute atomic E-state index is 0.253. The number of nitrogens with one attached hydrogen (secondary N) is 1. The van der Waals surface area contributed by atoms with Gasteiger partial charge in [-0.05, 0) is 48.9 Å². The molecule has 0 aliphatic carbocycles. The zero-order valence-electron chi connectivity index (χ0n) is 14.5. The number of nitrogens with zero attached hydrogens (tertiary/aromatic N) is 3. The first kappa shape index (κ1) is 18.6. The smallest absolute Gasteiger partial charge is 0.338 e. The van der Waals surface area contributed by atoms with E-state index >= 15 is 0 Å². The van der Waals surface area contributed by atoms with Gasteiger partial charge in [0.2, 0.25) is 0 Å². The Bertz CT molecular complexity index is 926. The van der Waals surface area contributed by atoms with Gasteiger partial charge in [0.1, 0.15) is 12.7 Å². The molecule has 7 nitrogen and oxygen atoms in total. The second kappa shape index (κ2) is 8.46. The Balaban J connectivity index is 1.51. The fraction of sp³-hybridized carbons (Fsp3) is 0.158. The molecule has 0 saturated heterocycles. The Kier molecular flexibility index (Phi) is 5.83. The van der Waals surface area contributed by atoms with Crippen molar-refractivity contribution in [3.63, 3.8) is 0 Å². The van der Waals surface area contributed by atoms with E-state index in [-0.39, 0.29) is 12.6 Å². The SMILES string of the molecule is C[C@@H](NC(=O)COC(=O)c1ccc(-n2cncn2)cc1)c1cccc(Cl)c1. The maximum atomic E-state index is 12.1. The molecule has 1 heterocycles. The molecule has 0 bridgehead atoms. The highest BCUT2D eigenvalue weighted by Crippen LogP contribution is 2.17. The Labute approximate surface area is 160 Å². The van der Waals surface area contributed by atoms with Crippen LogP contribution >= 0.6 is 11.6 Å². The average Bonchev–Trinajstić information content (AvgIpc) is 3.21. The summed E-state index contributed by atoms with van der Waals surface area (Å²) in [5, 5.41) is 7.36. The lowest BCUT2D eigenvalue weighted by atomic mass is 10.1. The molecule has 0 saturated carbocycles. The minimum Gasteiger partial charge on any atom is -0.452 e. The molecule has 0 spiro atoms. The van der Waals surface area contributed by atoms with Crippen molar-refractivity contribution in [1.29, 1.82) is 0 Å². The van der Waals surface area contributed by atoms with E-state index in [0.717, 1.165) is 11.3 Å². The second-order valence-corrected chi connectivity index (χ2v) is 6.24. The fourth-order valence-electron chi connectivity index (χ4n) is 2.45. The summed E-state index contributed by atoms with van der Waals surface area (Å²) in [6, 6.07) is 13.6. The minimum atomic E-state index is -0.578. The maximum absolute atomic E-state index is 12.1. The molecule has 8 heteroatoms. The van der Waals surface area contributed by atoms with Crippen LogP contribution in [0.2, 0.25) is 5.02 Å². The first-order chi connectivity index (χ1) is 13.0. The monoisotopic (exact) mass is 384 g/mol. The standard InChI is InChI=1S/C19H17ClN4O3/c1-13(15-3-2-4-16(20)9-15)23-18(25)10-27-19(26)14-5-7-17(8-6-14)24-12-21-11-22-24/h2-9,11-13H,10H2,1H3,(H,23,25)/t13-/m1/s1. The number of halogens is 1. The van der Waals surface area contributed by atoms with Gasteiger partial charge >= 0.3 is 5.97 Å². The zero-order valence-corrected chi connectivity index (χ0v) is 15.3. The van der Waals surface area contributed by atoms with Crippen LogP contribution in [0.15, 0.2) is 61.2 Å². The first-order valence-electron chi connectivity index (χ1n) is 8.20. The van der Waals surface area contributed by atoms with Crippen LogP contribution < -0.4 is 5.32 Å². The summed E-state index contributed by atoms with van der Waals surface area (Å²) in [6.07, 6.45) is 2.98. The van der Waals surface area contributed by atoms with Crippen molar-refractivity contribution in [2.75, 3.05) is 6.61 Å². The number of aromatic nitrogens is 3. The van der Waals surface area contributed by atoms with Crippen molar-refractivity contribution in [1.82, 2.24) is 20.1 Å². The van der Waals surface area contributed by atoms with Crippen molar-refractivity contribution in [3.05, 3.63) is 77.3 Å². The predicted molar refractivity (Wildman–Crippen MR) is 99.7 cm³/mol. The molecule has 1 amide bonds. The molecule has 27 heavy (non-hydrogen) atoms. The largest absolute Gasteiger partial charge is 0.452 e. The molecule has 0 radical (unpaired) electrons. The molecular weight excluding hydrogens is 368 g/mol. The van der Waals surface area contributed by atoms with Crippen molar-refractivity contribution in [3.8, 4) is 5.69 Å². The van der Waals surface area contributed by atoms with E-state index in [4.69, 9.17) is 16.3 Å². The summed E-state index contributed by atoms with van der Waals surface area (Å²) in [5.74, 6) is -0.972. The molecule has 0 unspecified atom stereocenters. The maximum Gasteiger partial charge on any atom is 0.338 e. The van der Waals surface area contributed by atoms with Gasteiger partial charge in [0.15, 0.2) is 6.61 Å². The van der Waals surface area contributed by atoms with Gasteiger partial charge in [0.25, 0.3) is 5.91 Å². The normalized spacial score (nSPS) is 11.6. The zero-order chi connectivity index (χ0) is 19.2. The van der Waals surface area contributed by atoms with E-state index in [1.807, 2.05) is 19.1 Å². The van der Waals surface area contributed by atoms with E-state index in [0.29, 0.717) is 10.6 Å². The number of hydrogen-bond donors (Lipinski definition) is 1.